The molecule has 0 aliphatic heterocycles. The molecule has 3 nitrogen and oxygen atoms in total. The van der Waals surface area contributed by atoms with Gasteiger partial charge in [-0.3, -0.25) is 4.79 Å². The van der Waals surface area contributed by atoms with E-state index in [0.29, 0.717) is 31.0 Å². The third-order valence-corrected chi connectivity index (χ3v) is 6.58. The highest BCUT2D eigenvalue weighted by atomic mass is 16.5. The maximum Gasteiger partial charge on any atom is 0.306 e. The zero-order valence-electron chi connectivity index (χ0n) is 18.6. The average molecular weight is 416 g/mol. The molecule has 3 atom stereocenters. The van der Waals surface area contributed by atoms with Crippen LogP contribution in [0.5, 0.6) is 0 Å². The first kappa shape index (κ1) is 21.6. The number of carbonyl (C=O) groups is 1. The van der Waals surface area contributed by atoms with E-state index in [4.69, 9.17) is 4.74 Å². The summed E-state index contributed by atoms with van der Waals surface area (Å²) in [6.45, 7) is 4.58. The Morgan fingerprint density at radius 1 is 1.03 bits per heavy atom. The Kier molecular flexibility index (Phi) is 7.03. The standard InChI is InChI=1S/C28H33NO2/c1-3-31-28(30)18-13-21-11-14-22(15-12-21)24-16-17-25(19-24)29-20(2)26-10-6-8-23-7-4-5-9-27(23)26/h4-12,14-15,20,24-25,29H,3,13,16-19H2,1-2H3/t20-,24+,25+/m1/s1. The fraction of sp³-hybridized carbons (Fsp3) is 0.393. The topological polar surface area (TPSA) is 38.3 Å². The summed E-state index contributed by atoms with van der Waals surface area (Å²) in [5, 5.41) is 6.54. The van der Waals surface area contributed by atoms with Gasteiger partial charge in [0.25, 0.3) is 0 Å². The van der Waals surface area contributed by atoms with Crippen LogP contribution < -0.4 is 5.32 Å². The summed E-state index contributed by atoms with van der Waals surface area (Å²) in [5.74, 6) is 0.493. The monoisotopic (exact) mass is 415 g/mol. The second-order valence-electron chi connectivity index (χ2n) is 8.71. The Balaban J connectivity index is 1.33. The van der Waals surface area contributed by atoms with E-state index < -0.39 is 0 Å². The van der Waals surface area contributed by atoms with Crippen molar-refractivity contribution < 1.29 is 9.53 Å². The second-order valence-corrected chi connectivity index (χ2v) is 8.71. The Morgan fingerprint density at radius 3 is 2.61 bits per heavy atom. The van der Waals surface area contributed by atoms with Crippen LogP contribution in [-0.4, -0.2) is 18.6 Å². The third kappa shape index (κ3) is 5.34. The van der Waals surface area contributed by atoms with E-state index in [1.807, 2.05) is 6.92 Å². The molecule has 3 heteroatoms. The van der Waals surface area contributed by atoms with Crippen molar-refractivity contribution in [3.05, 3.63) is 83.4 Å². The van der Waals surface area contributed by atoms with Crippen molar-refractivity contribution in [3.8, 4) is 0 Å². The molecule has 0 spiro atoms. The molecule has 1 fully saturated rings. The predicted octanol–water partition coefficient (Wildman–Crippen LogP) is 6.32. The molecule has 31 heavy (non-hydrogen) atoms. The van der Waals surface area contributed by atoms with Crippen LogP contribution >= 0.6 is 0 Å². The van der Waals surface area contributed by atoms with E-state index in [2.05, 4.69) is 79.0 Å². The number of esters is 1. The number of ether oxygens (including phenoxy) is 1. The molecule has 3 aromatic rings. The molecule has 0 radical (unpaired) electrons. The van der Waals surface area contributed by atoms with E-state index in [1.165, 1.54) is 46.7 Å². The van der Waals surface area contributed by atoms with E-state index in [0.717, 1.165) is 6.42 Å². The van der Waals surface area contributed by atoms with Gasteiger partial charge in [0, 0.05) is 18.5 Å². The molecule has 4 rings (SSSR count). The SMILES string of the molecule is CCOC(=O)CCc1ccc([C@H]2CC[C@H](N[C@H](C)c3cccc4ccccc34)C2)cc1. The van der Waals surface area contributed by atoms with Gasteiger partial charge in [0.2, 0.25) is 0 Å². The van der Waals surface area contributed by atoms with Crippen LogP contribution in [0.1, 0.15) is 68.2 Å². The molecular formula is C28H33NO2. The van der Waals surface area contributed by atoms with Crippen molar-refractivity contribution in [2.45, 2.75) is 64.0 Å². The minimum absolute atomic E-state index is 0.114. The molecule has 1 saturated carbocycles. The van der Waals surface area contributed by atoms with Crippen molar-refractivity contribution in [1.82, 2.24) is 5.32 Å². The lowest BCUT2D eigenvalue weighted by Gasteiger charge is -2.21. The number of benzene rings is 3. The molecule has 0 saturated heterocycles. The first-order chi connectivity index (χ1) is 15.1. The average Bonchev–Trinajstić information content (AvgIpc) is 3.26. The first-order valence-electron chi connectivity index (χ1n) is 11.6. The molecule has 0 aromatic heterocycles. The summed E-state index contributed by atoms with van der Waals surface area (Å²) in [6, 6.07) is 25.0. The molecule has 1 aliphatic carbocycles. The van der Waals surface area contributed by atoms with Gasteiger partial charge >= 0.3 is 5.97 Å². The molecule has 0 heterocycles. The van der Waals surface area contributed by atoms with Gasteiger partial charge in [0.05, 0.1) is 6.61 Å². The Hall–Kier alpha value is -2.65. The summed E-state index contributed by atoms with van der Waals surface area (Å²) in [6.07, 6.45) is 4.81. The lowest BCUT2D eigenvalue weighted by molar-refractivity contribution is -0.143. The molecule has 3 aromatic carbocycles. The highest BCUT2D eigenvalue weighted by molar-refractivity contribution is 5.86. The van der Waals surface area contributed by atoms with E-state index in [9.17, 15) is 4.79 Å². The summed E-state index contributed by atoms with van der Waals surface area (Å²) in [5.41, 5.74) is 4.00. The normalized spacial score (nSPS) is 19.4. The number of hydrogen-bond acceptors (Lipinski definition) is 3. The lowest BCUT2D eigenvalue weighted by atomic mass is 9.95. The van der Waals surface area contributed by atoms with Crippen LogP contribution in [0.2, 0.25) is 0 Å². The van der Waals surface area contributed by atoms with E-state index >= 15 is 0 Å². The maximum atomic E-state index is 11.6. The summed E-state index contributed by atoms with van der Waals surface area (Å²) >= 11 is 0. The number of hydrogen-bond donors (Lipinski definition) is 1. The van der Waals surface area contributed by atoms with Gasteiger partial charge in [-0.1, -0.05) is 66.7 Å². The summed E-state index contributed by atoms with van der Waals surface area (Å²) < 4.78 is 5.02. The van der Waals surface area contributed by atoms with Gasteiger partial charge in [0.1, 0.15) is 0 Å². The Labute approximate surface area is 185 Å². The fourth-order valence-corrected chi connectivity index (χ4v) is 4.94. The number of aryl methyl sites for hydroxylation is 1. The van der Waals surface area contributed by atoms with Crippen molar-refractivity contribution in [2.24, 2.45) is 0 Å². The van der Waals surface area contributed by atoms with Gasteiger partial charge < -0.3 is 10.1 Å². The quantitative estimate of drug-likeness (QED) is 0.437. The van der Waals surface area contributed by atoms with E-state index in [1.54, 1.807) is 0 Å². The maximum absolute atomic E-state index is 11.6. The van der Waals surface area contributed by atoms with Gasteiger partial charge in [-0.15, -0.1) is 0 Å². The number of fused-ring (bicyclic) bond motifs is 1. The van der Waals surface area contributed by atoms with Crippen molar-refractivity contribution in [1.29, 1.82) is 0 Å². The van der Waals surface area contributed by atoms with Crippen LogP contribution in [0.25, 0.3) is 10.8 Å². The molecule has 0 bridgehead atoms. The van der Waals surface area contributed by atoms with Gasteiger partial charge in [-0.05, 0) is 72.9 Å². The molecule has 1 aliphatic rings. The Bertz CT molecular complexity index is 1010. The minimum Gasteiger partial charge on any atom is -0.466 e. The zero-order chi connectivity index (χ0) is 21.6. The number of carbonyl (C=O) groups excluding carboxylic acids is 1. The van der Waals surface area contributed by atoms with Crippen LogP contribution in [0.4, 0.5) is 0 Å². The second kappa shape index (κ2) is 10.1. The number of nitrogens with one attached hydrogen (secondary N) is 1. The largest absolute Gasteiger partial charge is 0.466 e. The number of rotatable bonds is 8. The van der Waals surface area contributed by atoms with Crippen LogP contribution in [0, 0.1) is 0 Å². The zero-order valence-corrected chi connectivity index (χ0v) is 18.6. The van der Waals surface area contributed by atoms with Crippen molar-refractivity contribution in [2.75, 3.05) is 6.61 Å². The van der Waals surface area contributed by atoms with Crippen LogP contribution in [-0.2, 0) is 16.0 Å². The molecular weight excluding hydrogens is 382 g/mol. The highest BCUT2D eigenvalue weighted by Crippen LogP contribution is 2.36. The van der Waals surface area contributed by atoms with Crippen molar-refractivity contribution >= 4 is 16.7 Å². The third-order valence-electron chi connectivity index (χ3n) is 6.58. The van der Waals surface area contributed by atoms with Crippen LogP contribution in [0.15, 0.2) is 66.7 Å². The van der Waals surface area contributed by atoms with Crippen LogP contribution in [0.3, 0.4) is 0 Å². The lowest BCUT2D eigenvalue weighted by Crippen LogP contribution is -2.29. The first-order valence-corrected chi connectivity index (χ1v) is 11.6. The Morgan fingerprint density at radius 2 is 1.81 bits per heavy atom. The van der Waals surface area contributed by atoms with E-state index in [-0.39, 0.29) is 5.97 Å². The summed E-state index contributed by atoms with van der Waals surface area (Å²) in [7, 11) is 0. The van der Waals surface area contributed by atoms with Gasteiger partial charge in [0.15, 0.2) is 0 Å². The smallest absolute Gasteiger partial charge is 0.306 e. The highest BCUT2D eigenvalue weighted by Gasteiger charge is 2.27. The predicted molar refractivity (Wildman–Crippen MR) is 127 cm³/mol. The summed E-state index contributed by atoms with van der Waals surface area (Å²) in [4.78, 5) is 11.6. The van der Waals surface area contributed by atoms with Gasteiger partial charge in [-0.25, -0.2) is 0 Å². The molecule has 0 amide bonds. The minimum atomic E-state index is -0.114. The molecule has 162 valence electrons. The van der Waals surface area contributed by atoms with Crippen molar-refractivity contribution in [3.63, 3.8) is 0 Å². The van der Waals surface area contributed by atoms with Gasteiger partial charge in [-0.2, -0.15) is 0 Å². The fourth-order valence-electron chi connectivity index (χ4n) is 4.94. The molecule has 1 N–H and O–H groups in total. The molecule has 0 unspecified atom stereocenters.